The zero-order valence-electron chi connectivity index (χ0n) is 32.9. The lowest BCUT2D eigenvalue weighted by molar-refractivity contribution is 0.874. The first-order valence-corrected chi connectivity index (χ1v) is 20.3. The predicted octanol–water partition coefficient (Wildman–Crippen LogP) is 15.3. The number of aryl methyl sites for hydroxylation is 6. The third-order valence-electron chi connectivity index (χ3n) is 13.6. The molecule has 56 heavy (non-hydrogen) atoms. The lowest BCUT2D eigenvalue weighted by Crippen LogP contribution is -2.10. The maximum Gasteiger partial charge on any atom is 0.0143 e. The van der Waals surface area contributed by atoms with Crippen molar-refractivity contribution in [2.24, 2.45) is 0 Å². The number of rotatable bonds is 2. The second-order valence-corrected chi connectivity index (χ2v) is 17.1. The van der Waals surface area contributed by atoms with Gasteiger partial charge in [0.1, 0.15) is 0 Å². The fourth-order valence-corrected chi connectivity index (χ4v) is 11.7. The fourth-order valence-electron chi connectivity index (χ4n) is 11.7. The van der Waals surface area contributed by atoms with Crippen molar-refractivity contribution in [3.05, 3.63) is 177 Å². The van der Waals surface area contributed by atoms with Crippen LogP contribution in [0.2, 0.25) is 0 Å². The van der Waals surface area contributed by atoms with Gasteiger partial charge in [-0.3, -0.25) is 0 Å². The van der Waals surface area contributed by atoms with Crippen LogP contribution in [0.3, 0.4) is 0 Å². The van der Waals surface area contributed by atoms with E-state index in [0.29, 0.717) is 5.92 Å². The molecule has 3 aliphatic carbocycles. The fraction of sp³-hybridized carbons (Fsp3) is 0.143. The molecule has 9 aromatic rings. The van der Waals surface area contributed by atoms with Gasteiger partial charge in [-0.1, -0.05) is 108 Å². The third kappa shape index (κ3) is 4.20. The summed E-state index contributed by atoms with van der Waals surface area (Å²) in [4.78, 5) is 0. The summed E-state index contributed by atoms with van der Waals surface area (Å²) in [6.07, 6.45) is 3.58. The lowest BCUT2D eigenvalue weighted by Gasteiger charge is -2.28. The molecule has 0 saturated heterocycles. The van der Waals surface area contributed by atoms with Crippen molar-refractivity contribution in [1.82, 2.24) is 0 Å². The van der Waals surface area contributed by atoms with E-state index in [9.17, 15) is 0 Å². The van der Waals surface area contributed by atoms with Gasteiger partial charge in [-0.2, -0.15) is 0 Å². The van der Waals surface area contributed by atoms with E-state index < -0.39 is 0 Å². The first kappa shape index (κ1) is 32.0. The van der Waals surface area contributed by atoms with Gasteiger partial charge >= 0.3 is 0 Å². The molecule has 9 aromatic carbocycles. The van der Waals surface area contributed by atoms with E-state index in [-0.39, 0.29) is 0 Å². The summed E-state index contributed by atoms with van der Waals surface area (Å²) in [5.74, 6) is 0.330. The Bertz CT molecular complexity index is 3270. The Labute approximate surface area is 328 Å². The topological polar surface area (TPSA) is 0 Å². The number of hydrogen-bond donors (Lipinski definition) is 0. The molecular weight excluding hydrogens is 673 g/mol. The molecule has 0 saturated carbocycles. The van der Waals surface area contributed by atoms with E-state index in [1.54, 1.807) is 0 Å². The van der Waals surface area contributed by atoms with Gasteiger partial charge in [0, 0.05) is 5.92 Å². The van der Waals surface area contributed by atoms with Crippen LogP contribution in [0.5, 0.6) is 0 Å². The maximum absolute atomic E-state index is 2.60. The normalized spacial score (nSPS) is 14.8. The summed E-state index contributed by atoms with van der Waals surface area (Å²) >= 11 is 0. The molecule has 3 aliphatic rings. The Morgan fingerprint density at radius 3 is 1.52 bits per heavy atom. The molecule has 12 rings (SSSR count). The minimum Gasteiger partial charge on any atom is -0.0613 e. The second kappa shape index (κ2) is 11.2. The Hall–Kier alpha value is -6.24. The van der Waals surface area contributed by atoms with Crippen LogP contribution in [0.1, 0.15) is 61.6 Å². The van der Waals surface area contributed by atoms with Crippen molar-refractivity contribution in [1.29, 1.82) is 0 Å². The standard InChI is InChI=1S/C56H42/c1-29-19-31(3)53(32(4)20-29)51-27-47-46-24-42-38-16-8-12-36-14-10-18-40(56(36)38)44(42)26-50(46)52(54-33(5)21-30(2)22-34(54)6)28-48(47)45-23-41-37-15-7-11-35-13-9-17-39(55(35)37)43(41)25-49(45)51/h7-23,25-28,42H,24H2,1-6H3. The van der Waals surface area contributed by atoms with Crippen LogP contribution < -0.4 is 0 Å². The number of hydrogen-bond acceptors (Lipinski definition) is 0. The summed E-state index contributed by atoms with van der Waals surface area (Å²) in [6, 6.07) is 47.3. The zero-order chi connectivity index (χ0) is 37.7. The Kier molecular flexibility index (Phi) is 6.40. The molecule has 0 N–H and O–H groups in total. The van der Waals surface area contributed by atoms with Crippen molar-refractivity contribution < 1.29 is 0 Å². The van der Waals surface area contributed by atoms with Gasteiger partial charge < -0.3 is 0 Å². The van der Waals surface area contributed by atoms with E-state index in [1.807, 2.05) is 0 Å². The van der Waals surface area contributed by atoms with Gasteiger partial charge in [0.05, 0.1) is 0 Å². The molecule has 0 aliphatic heterocycles. The molecule has 1 unspecified atom stereocenters. The minimum atomic E-state index is 0.330. The van der Waals surface area contributed by atoms with Crippen LogP contribution in [0.25, 0.3) is 99.2 Å². The minimum absolute atomic E-state index is 0.330. The molecular formula is C56H42. The van der Waals surface area contributed by atoms with Gasteiger partial charge in [-0.25, -0.2) is 0 Å². The average Bonchev–Trinajstić information content (AvgIpc) is 3.67. The highest BCUT2D eigenvalue weighted by molar-refractivity contribution is 6.24. The summed E-state index contributed by atoms with van der Waals surface area (Å²) in [5.41, 5.74) is 26.1. The Balaban J connectivity index is 1.26. The predicted molar refractivity (Wildman–Crippen MR) is 241 cm³/mol. The van der Waals surface area contributed by atoms with E-state index >= 15 is 0 Å². The van der Waals surface area contributed by atoms with Crippen LogP contribution in [-0.2, 0) is 6.42 Å². The number of benzene rings is 9. The molecule has 0 heteroatoms. The van der Waals surface area contributed by atoms with Crippen molar-refractivity contribution >= 4 is 54.7 Å². The summed E-state index contributed by atoms with van der Waals surface area (Å²) in [6.45, 7) is 13.7. The van der Waals surface area contributed by atoms with Crippen molar-refractivity contribution in [3.63, 3.8) is 0 Å². The van der Waals surface area contributed by atoms with Crippen molar-refractivity contribution in [3.8, 4) is 44.5 Å². The van der Waals surface area contributed by atoms with Gasteiger partial charge in [0.15, 0.2) is 0 Å². The molecule has 0 bridgehead atoms. The van der Waals surface area contributed by atoms with E-state index in [1.165, 1.54) is 149 Å². The van der Waals surface area contributed by atoms with Gasteiger partial charge in [-0.05, 0) is 216 Å². The lowest BCUT2D eigenvalue weighted by atomic mass is 9.75. The highest BCUT2D eigenvalue weighted by Crippen LogP contribution is 2.56. The van der Waals surface area contributed by atoms with Crippen LogP contribution in [-0.4, -0.2) is 0 Å². The summed E-state index contributed by atoms with van der Waals surface area (Å²) in [7, 11) is 0. The maximum atomic E-state index is 2.60. The number of allylic oxidation sites excluding steroid dienone is 1. The van der Waals surface area contributed by atoms with Crippen LogP contribution in [0.15, 0.2) is 121 Å². The Morgan fingerprint density at radius 1 is 0.411 bits per heavy atom. The molecule has 0 aromatic heterocycles. The summed E-state index contributed by atoms with van der Waals surface area (Å²) in [5, 5.41) is 10.9. The van der Waals surface area contributed by atoms with Gasteiger partial charge in [0.2, 0.25) is 0 Å². The van der Waals surface area contributed by atoms with E-state index in [2.05, 4.69) is 169 Å². The quantitative estimate of drug-likeness (QED) is 0.156. The molecule has 0 nitrogen and oxygen atoms in total. The first-order valence-electron chi connectivity index (χ1n) is 20.3. The highest BCUT2D eigenvalue weighted by Gasteiger charge is 2.35. The second-order valence-electron chi connectivity index (χ2n) is 17.1. The average molecular weight is 715 g/mol. The molecule has 266 valence electrons. The van der Waals surface area contributed by atoms with Crippen molar-refractivity contribution in [2.75, 3.05) is 0 Å². The monoisotopic (exact) mass is 714 g/mol. The van der Waals surface area contributed by atoms with Crippen LogP contribution >= 0.6 is 0 Å². The first-order chi connectivity index (χ1) is 27.2. The van der Waals surface area contributed by atoms with E-state index in [4.69, 9.17) is 0 Å². The third-order valence-corrected chi connectivity index (χ3v) is 13.6. The zero-order valence-corrected chi connectivity index (χ0v) is 32.9. The van der Waals surface area contributed by atoms with Gasteiger partial charge in [0.25, 0.3) is 0 Å². The summed E-state index contributed by atoms with van der Waals surface area (Å²) < 4.78 is 0. The highest BCUT2D eigenvalue weighted by atomic mass is 14.4. The van der Waals surface area contributed by atoms with Crippen molar-refractivity contribution in [2.45, 2.75) is 53.9 Å². The largest absolute Gasteiger partial charge is 0.0613 e. The smallest absolute Gasteiger partial charge is 0.0143 e. The van der Waals surface area contributed by atoms with Crippen LogP contribution in [0, 0.1) is 41.5 Å². The molecule has 0 fully saturated rings. The molecule has 0 spiro atoms. The van der Waals surface area contributed by atoms with Crippen LogP contribution in [0.4, 0.5) is 0 Å². The number of fused-ring (bicyclic) bond motifs is 11. The molecule has 1 atom stereocenters. The Morgan fingerprint density at radius 2 is 0.893 bits per heavy atom. The van der Waals surface area contributed by atoms with Gasteiger partial charge in [-0.15, -0.1) is 0 Å². The van der Waals surface area contributed by atoms with E-state index in [0.717, 1.165) is 6.42 Å². The molecule has 0 heterocycles. The SMILES string of the molecule is Cc1cc(C)c(-c2cc3c(cc(-c4c(C)cc(C)cc4C)c4cc5c(cc43)-c3cccc4cccc-5c34)c3c2C=C2c4cccc5cccc(c45)C2C3)c(C)c1. The molecule has 0 amide bonds. The molecule has 0 radical (unpaired) electrons.